The zero-order valence-electron chi connectivity index (χ0n) is 10.4. The molecule has 1 aromatic carbocycles. The fourth-order valence-electron chi connectivity index (χ4n) is 2.28. The second-order valence-corrected chi connectivity index (χ2v) is 4.23. The Kier molecular flexibility index (Phi) is 3.48. The minimum atomic E-state index is 0.331. The Labute approximate surface area is 103 Å². The highest BCUT2D eigenvalue weighted by Gasteiger charge is 2.20. The van der Waals surface area contributed by atoms with Crippen LogP contribution in [-0.2, 0) is 11.3 Å². The first kappa shape index (κ1) is 11.7. The average Bonchev–Trinajstić information content (AvgIpc) is 2.48. The molecular formula is C16H18O. The van der Waals surface area contributed by atoms with Gasteiger partial charge in [-0.1, -0.05) is 49.9 Å². The van der Waals surface area contributed by atoms with Gasteiger partial charge in [-0.2, -0.15) is 0 Å². The van der Waals surface area contributed by atoms with Crippen LogP contribution in [0.15, 0.2) is 60.4 Å². The maximum absolute atomic E-state index is 5.87. The molecule has 0 N–H and O–H groups in total. The Morgan fingerprint density at radius 2 is 2.12 bits per heavy atom. The van der Waals surface area contributed by atoms with Crippen molar-refractivity contribution in [2.75, 3.05) is 0 Å². The molecule has 0 aromatic heterocycles. The Bertz CT molecular complexity index is 480. The Balaban J connectivity index is 2.52. The fraction of sp³-hybridized carbons (Fsp3) is 0.250. The number of ether oxygens (including phenoxy) is 1. The summed E-state index contributed by atoms with van der Waals surface area (Å²) in [5, 5.41) is 0. The molecule has 0 spiro atoms. The molecule has 17 heavy (non-hydrogen) atoms. The number of fused-ring (bicyclic) bond motifs is 1. The van der Waals surface area contributed by atoms with Crippen LogP contribution in [-0.4, -0.2) is 0 Å². The fourth-order valence-corrected chi connectivity index (χ4v) is 2.28. The van der Waals surface area contributed by atoms with Gasteiger partial charge in [0, 0.05) is 11.5 Å². The van der Waals surface area contributed by atoms with Gasteiger partial charge in [-0.15, -0.1) is 0 Å². The van der Waals surface area contributed by atoms with E-state index in [1.165, 1.54) is 11.1 Å². The number of benzene rings is 1. The highest BCUT2D eigenvalue weighted by Crippen LogP contribution is 2.34. The second kappa shape index (κ2) is 5.05. The van der Waals surface area contributed by atoms with E-state index in [9.17, 15) is 0 Å². The molecule has 88 valence electrons. The van der Waals surface area contributed by atoms with Gasteiger partial charge in [0.15, 0.2) is 0 Å². The van der Waals surface area contributed by atoms with Crippen molar-refractivity contribution in [3.05, 3.63) is 71.5 Å². The quantitative estimate of drug-likeness (QED) is 0.729. The molecule has 1 unspecified atom stereocenters. The molecule has 0 bridgehead atoms. The first-order chi connectivity index (χ1) is 8.27. The average molecular weight is 226 g/mol. The van der Waals surface area contributed by atoms with Crippen LogP contribution in [0.5, 0.6) is 0 Å². The highest BCUT2D eigenvalue weighted by atomic mass is 16.5. The van der Waals surface area contributed by atoms with E-state index in [1.807, 2.05) is 25.2 Å². The third-order valence-corrected chi connectivity index (χ3v) is 3.19. The molecule has 0 aliphatic carbocycles. The van der Waals surface area contributed by atoms with Gasteiger partial charge in [0.25, 0.3) is 0 Å². The normalized spacial score (nSPS) is 19.8. The molecule has 1 atom stereocenters. The second-order valence-electron chi connectivity index (χ2n) is 4.23. The summed E-state index contributed by atoms with van der Waals surface area (Å²) in [6, 6.07) is 8.44. The summed E-state index contributed by atoms with van der Waals surface area (Å²) in [4.78, 5) is 0. The topological polar surface area (TPSA) is 9.23 Å². The van der Waals surface area contributed by atoms with Crippen LogP contribution in [0.1, 0.15) is 30.9 Å². The van der Waals surface area contributed by atoms with Crippen LogP contribution >= 0.6 is 0 Å². The maximum Gasteiger partial charge on any atom is 0.123 e. The van der Waals surface area contributed by atoms with Crippen molar-refractivity contribution in [2.45, 2.75) is 26.4 Å². The van der Waals surface area contributed by atoms with Crippen LogP contribution in [0.25, 0.3) is 0 Å². The van der Waals surface area contributed by atoms with Gasteiger partial charge in [-0.3, -0.25) is 0 Å². The molecular weight excluding hydrogens is 208 g/mol. The minimum Gasteiger partial charge on any atom is -0.489 e. The first-order valence-corrected chi connectivity index (χ1v) is 5.97. The van der Waals surface area contributed by atoms with Crippen molar-refractivity contribution in [1.29, 1.82) is 0 Å². The first-order valence-electron chi connectivity index (χ1n) is 5.97. The summed E-state index contributed by atoms with van der Waals surface area (Å²) in [7, 11) is 0. The standard InChI is InChI=1S/C16H18O/c1-4-8-16-14(5-2)12(3)15-10-7-6-9-13(15)11-17-16/h4-10,12H,2,11H2,1,3H3/b8-4-. The highest BCUT2D eigenvalue weighted by molar-refractivity contribution is 5.43. The van der Waals surface area contributed by atoms with Gasteiger partial charge in [-0.25, -0.2) is 0 Å². The molecule has 1 aliphatic rings. The van der Waals surface area contributed by atoms with E-state index in [4.69, 9.17) is 4.74 Å². The molecule has 2 rings (SSSR count). The largest absolute Gasteiger partial charge is 0.489 e. The van der Waals surface area contributed by atoms with E-state index in [0.717, 1.165) is 11.3 Å². The van der Waals surface area contributed by atoms with Gasteiger partial charge < -0.3 is 4.74 Å². The van der Waals surface area contributed by atoms with Crippen LogP contribution in [0.2, 0.25) is 0 Å². The van der Waals surface area contributed by atoms with Crippen LogP contribution in [0.4, 0.5) is 0 Å². The lowest BCUT2D eigenvalue weighted by atomic mass is 9.89. The van der Waals surface area contributed by atoms with Gasteiger partial charge in [-0.05, 0) is 24.1 Å². The third kappa shape index (κ3) is 2.19. The van der Waals surface area contributed by atoms with E-state index < -0.39 is 0 Å². The Morgan fingerprint density at radius 1 is 1.35 bits per heavy atom. The summed E-state index contributed by atoms with van der Waals surface area (Å²) in [6.45, 7) is 8.75. The molecule has 1 aliphatic heterocycles. The van der Waals surface area contributed by atoms with E-state index in [2.05, 4.69) is 37.8 Å². The van der Waals surface area contributed by atoms with Crippen molar-refractivity contribution in [1.82, 2.24) is 0 Å². The van der Waals surface area contributed by atoms with Crippen LogP contribution < -0.4 is 0 Å². The number of rotatable bonds is 2. The lowest BCUT2D eigenvalue weighted by molar-refractivity contribution is 0.211. The predicted octanol–water partition coefficient (Wildman–Crippen LogP) is 4.34. The monoisotopic (exact) mass is 226 g/mol. The third-order valence-electron chi connectivity index (χ3n) is 3.19. The molecule has 1 heteroatoms. The summed E-state index contributed by atoms with van der Waals surface area (Å²) >= 11 is 0. The van der Waals surface area contributed by atoms with Gasteiger partial charge in [0.2, 0.25) is 0 Å². The molecule has 1 nitrogen and oxygen atoms in total. The van der Waals surface area contributed by atoms with Crippen molar-refractivity contribution >= 4 is 0 Å². The molecule has 0 fully saturated rings. The summed E-state index contributed by atoms with van der Waals surface area (Å²) < 4.78 is 5.87. The van der Waals surface area contributed by atoms with Gasteiger partial charge in [0.05, 0.1) is 0 Å². The van der Waals surface area contributed by atoms with Crippen LogP contribution in [0, 0.1) is 0 Å². The van der Waals surface area contributed by atoms with E-state index >= 15 is 0 Å². The number of hydrogen-bond donors (Lipinski definition) is 0. The Morgan fingerprint density at radius 3 is 2.82 bits per heavy atom. The molecule has 0 saturated carbocycles. The number of hydrogen-bond acceptors (Lipinski definition) is 1. The maximum atomic E-state index is 5.87. The molecule has 1 heterocycles. The van der Waals surface area contributed by atoms with E-state index in [-0.39, 0.29) is 0 Å². The van der Waals surface area contributed by atoms with E-state index in [0.29, 0.717) is 12.5 Å². The van der Waals surface area contributed by atoms with Crippen molar-refractivity contribution in [2.24, 2.45) is 0 Å². The smallest absolute Gasteiger partial charge is 0.123 e. The van der Waals surface area contributed by atoms with Crippen molar-refractivity contribution < 1.29 is 4.74 Å². The molecule has 1 aromatic rings. The predicted molar refractivity (Wildman–Crippen MR) is 71.7 cm³/mol. The minimum absolute atomic E-state index is 0.331. The lowest BCUT2D eigenvalue weighted by Gasteiger charge is -2.13. The lowest BCUT2D eigenvalue weighted by Crippen LogP contribution is -1.98. The Hall–Kier alpha value is -1.76. The SMILES string of the molecule is C=CC1=C(/C=C\C)OCc2ccccc2C1C. The zero-order chi connectivity index (χ0) is 12.3. The van der Waals surface area contributed by atoms with Gasteiger partial charge >= 0.3 is 0 Å². The van der Waals surface area contributed by atoms with Gasteiger partial charge in [0.1, 0.15) is 12.4 Å². The molecule has 0 saturated heterocycles. The summed E-state index contributed by atoms with van der Waals surface area (Å²) in [6.07, 6.45) is 5.92. The van der Waals surface area contributed by atoms with Crippen molar-refractivity contribution in [3.63, 3.8) is 0 Å². The van der Waals surface area contributed by atoms with Crippen molar-refractivity contribution in [3.8, 4) is 0 Å². The number of allylic oxidation sites excluding steroid dienone is 4. The summed E-state index contributed by atoms with van der Waals surface area (Å²) in [5.74, 6) is 1.27. The summed E-state index contributed by atoms with van der Waals surface area (Å²) in [5.41, 5.74) is 3.76. The molecule has 0 radical (unpaired) electrons. The van der Waals surface area contributed by atoms with E-state index in [1.54, 1.807) is 0 Å². The molecule has 0 amide bonds. The zero-order valence-corrected chi connectivity index (χ0v) is 10.4. The van der Waals surface area contributed by atoms with Crippen LogP contribution in [0.3, 0.4) is 0 Å².